The van der Waals surface area contributed by atoms with Gasteiger partial charge in [0.05, 0.1) is 0 Å². The smallest absolute Gasteiger partial charge is 0.0108 e. The molecule has 9 heavy (non-hydrogen) atoms. The van der Waals surface area contributed by atoms with Gasteiger partial charge in [-0.05, 0) is 31.2 Å². The van der Waals surface area contributed by atoms with Crippen molar-refractivity contribution in [1.82, 2.24) is 5.32 Å². The second-order valence-corrected chi connectivity index (χ2v) is 3.43. The van der Waals surface area contributed by atoms with E-state index in [2.05, 4.69) is 5.32 Å². The molecule has 0 bridgehead atoms. The van der Waals surface area contributed by atoms with Crippen molar-refractivity contribution in [2.24, 2.45) is 11.1 Å². The largest absolute Gasteiger partial charge is 0.327 e. The molecule has 0 amide bonds. The minimum Gasteiger partial charge on any atom is -0.327 e. The summed E-state index contributed by atoms with van der Waals surface area (Å²) in [5.74, 6) is 0. The summed E-state index contributed by atoms with van der Waals surface area (Å²) in [6, 6.07) is 0.507. The fraction of sp³-hybridized carbons (Fsp3) is 1.00. The topological polar surface area (TPSA) is 38.0 Å². The molecule has 0 aromatic rings. The SMILES string of the molecule is N[C@H]1CC[C@]12CCNC2. The number of hydrogen-bond donors (Lipinski definition) is 2. The van der Waals surface area contributed by atoms with Gasteiger partial charge in [0.1, 0.15) is 0 Å². The van der Waals surface area contributed by atoms with Gasteiger partial charge in [0.25, 0.3) is 0 Å². The highest BCUT2D eigenvalue weighted by Crippen LogP contribution is 2.44. The Kier molecular flexibility index (Phi) is 1.08. The first-order chi connectivity index (χ1) is 4.33. The zero-order valence-corrected chi connectivity index (χ0v) is 5.69. The highest BCUT2D eigenvalue weighted by Gasteiger charge is 2.46. The first-order valence-electron chi connectivity index (χ1n) is 3.80. The molecule has 1 saturated heterocycles. The number of nitrogens with one attached hydrogen (secondary N) is 1. The van der Waals surface area contributed by atoms with Crippen molar-refractivity contribution in [3.05, 3.63) is 0 Å². The molecule has 2 fully saturated rings. The summed E-state index contributed by atoms with van der Waals surface area (Å²) in [5, 5.41) is 3.37. The standard InChI is InChI=1S/C7H14N2/c8-6-1-2-7(6)3-4-9-5-7/h6,9H,1-5,8H2/t6-,7+/m0/s1. The van der Waals surface area contributed by atoms with Crippen molar-refractivity contribution >= 4 is 0 Å². The lowest BCUT2D eigenvalue weighted by atomic mass is 9.64. The van der Waals surface area contributed by atoms with Gasteiger partial charge in [0.2, 0.25) is 0 Å². The fourth-order valence-electron chi connectivity index (χ4n) is 2.01. The van der Waals surface area contributed by atoms with Crippen molar-refractivity contribution in [3.63, 3.8) is 0 Å². The van der Waals surface area contributed by atoms with Gasteiger partial charge in [0, 0.05) is 12.6 Å². The second-order valence-electron chi connectivity index (χ2n) is 3.43. The first kappa shape index (κ1) is 5.69. The molecule has 1 aliphatic heterocycles. The van der Waals surface area contributed by atoms with Crippen molar-refractivity contribution in [2.75, 3.05) is 13.1 Å². The van der Waals surface area contributed by atoms with E-state index in [1.807, 2.05) is 0 Å². The van der Waals surface area contributed by atoms with Gasteiger partial charge < -0.3 is 11.1 Å². The zero-order chi connectivity index (χ0) is 6.32. The van der Waals surface area contributed by atoms with E-state index in [0.29, 0.717) is 11.5 Å². The van der Waals surface area contributed by atoms with Crippen LogP contribution in [0.5, 0.6) is 0 Å². The van der Waals surface area contributed by atoms with Crippen LogP contribution < -0.4 is 11.1 Å². The molecule has 2 rings (SSSR count). The lowest BCUT2D eigenvalue weighted by molar-refractivity contribution is 0.119. The highest BCUT2D eigenvalue weighted by molar-refractivity contribution is 5.03. The molecule has 2 nitrogen and oxygen atoms in total. The third-order valence-corrected chi connectivity index (χ3v) is 3.02. The van der Waals surface area contributed by atoms with Gasteiger partial charge in [-0.1, -0.05) is 0 Å². The summed E-state index contributed by atoms with van der Waals surface area (Å²) in [6.07, 6.45) is 3.93. The second kappa shape index (κ2) is 1.70. The lowest BCUT2D eigenvalue weighted by Gasteiger charge is -2.44. The van der Waals surface area contributed by atoms with E-state index in [0.717, 1.165) is 0 Å². The summed E-state index contributed by atoms with van der Waals surface area (Å²) in [7, 11) is 0. The molecule has 1 spiro atoms. The number of nitrogens with two attached hydrogens (primary N) is 1. The minimum absolute atomic E-state index is 0.507. The van der Waals surface area contributed by atoms with E-state index in [1.54, 1.807) is 0 Å². The molecule has 0 radical (unpaired) electrons. The average Bonchev–Trinajstić information content (AvgIpc) is 2.34. The molecule has 2 aliphatic rings. The van der Waals surface area contributed by atoms with Crippen molar-refractivity contribution < 1.29 is 0 Å². The molecule has 0 unspecified atom stereocenters. The van der Waals surface area contributed by atoms with Gasteiger partial charge in [-0.15, -0.1) is 0 Å². The maximum Gasteiger partial charge on any atom is 0.0108 e. The minimum atomic E-state index is 0.507. The van der Waals surface area contributed by atoms with Crippen LogP contribution in [-0.4, -0.2) is 19.1 Å². The molecule has 0 aromatic heterocycles. The Labute approximate surface area is 55.8 Å². The molecule has 2 heteroatoms. The summed E-state index contributed by atoms with van der Waals surface area (Å²) < 4.78 is 0. The number of hydrogen-bond acceptors (Lipinski definition) is 2. The van der Waals surface area contributed by atoms with Crippen LogP contribution in [0.3, 0.4) is 0 Å². The Morgan fingerprint density at radius 2 is 2.33 bits per heavy atom. The van der Waals surface area contributed by atoms with E-state index in [-0.39, 0.29) is 0 Å². The Bertz CT molecular complexity index is 116. The molecule has 1 aliphatic carbocycles. The number of rotatable bonds is 0. The van der Waals surface area contributed by atoms with Gasteiger partial charge in [-0.2, -0.15) is 0 Å². The predicted octanol–water partition coefficient (Wildman–Crippen LogP) is 0.0872. The molecular weight excluding hydrogens is 112 g/mol. The van der Waals surface area contributed by atoms with Crippen molar-refractivity contribution in [3.8, 4) is 0 Å². The normalized spacial score (nSPS) is 49.7. The molecule has 2 atom stereocenters. The summed E-state index contributed by atoms with van der Waals surface area (Å²) in [4.78, 5) is 0. The first-order valence-corrected chi connectivity index (χ1v) is 3.80. The molecule has 3 N–H and O–H groups in total. The monoisotopic (exact) mass is 126 g/mol. The Balaban J connectivity index is 2.06. The van der Waals surface area contributed by atoms with Crippen LogP contribution in [0, 0.1) is 5.41 Å². The van der Waals surface area contributed by atoms with E-state index in [9.17, 15) is 0 Å². The Hall–Kier alpha value is -0.0800. The predicted molar refractivity (Wildman–Crippen MR) is 37.1 cm³/mol. The molecule has 1 saturated carbocycles. The molecule has 52 valence electrons. The lowest BCUT2D eigenvalue weighted by Crippen LogP contribution is -2.51. The van der Waals surface area contributed by atoms with Crippen LogP contribution in [0.1, 0.15) is 19.3 Å². The van der Waals surface area contributed by atoms with Crippen molar-refractivity contribution in [1.29, 1.82) is 0 Å². The third kappa shape index (κ3) is 0.634. The zero-order valence-electron chi connectivity index (χ0n) is 5.69. The van der Waals surface area contributed by atoms with Crippen LogP contribution in [-0.2, 0) is 0 Å². The van der Waals surface area contributed by atoms with Gasteiger partial charge >= 0.3 is 0 Å². The highest BCUT2D eigenvalue weighted by atomic mass is 15.0. The molecule has 1 heterocycles. The van der Waals surface area contributed by atoms with Crippen molar-refractivity contribution in [2.45, 2.75) is 25.3 Å². The summed E-state index contributed by atoms with van der Waals surface area (Å²) in [6.45, 7) is 2.36. The maximum absolute atomic E-state index is 5.88. The van der Waals surface area contributed by atoms with E-state index < -0.39 is 0 Å². The van der Waals surface area contributed by atoms with Gasteiger partial charge in [0.15, 0.2) is 0 Å². The average molecular weight is 126 g/mol. The van der Waals surface area contributed by atoms with E-state index in [1.165, 1.54) is 32.4 Å². The van der Waals surface area contributed by atoms with Gasteiger partial charge in [-0.3, -0.25) is 0 Å². The van der Waals surface area contributed by atoms with Crippen LogP contribution in [0.2, 0.25) is 0 Å². The Morgan fingerprint density at radius 1 is 1.44 bits per heavy atom. The summed E-state index contributed by atoms with van der Waals surface area (Å²) in [5.41, 5.74) is 6.42. The summed E-state index contributed by atoms with van der Waals surface area (Å²) >= 11 is 0. The fourth-order valence-corrected chi connectivity index (χ4v) is 2.01. The molecule has 0 aromatic carbocycles. The van der Waals surface area contributed by atoms with Crippen LogP contribution >= 0.6 is 0 Å². The van der Waals surface area contributed by atoms with E-state index >= 15 is 0 Å². The van der Waals surface area contributed by atoms with E-state index in [4.69, 9.17) is 5.73 Å². The quantitative estimate of drug-likeness (QED) is 0.482. The maximum atomic E-state index is 5.88. The van der Waals surface area contributed by atoms with Crippen LogP contribution in [0.25, 0.3) is 0 Å². The molecular formula is C7H14N2. The Morgan fingerprint density at radius 3 is 2.56 bits per heavy atom. The van der Waals surface area contributed by atoms with Crippen LogP contribution in [0.4, 0.5) is 0 Å². The third-order valence-electron chi connectivity index (χ3n) is 3.02. The van der Waals surface area contributed by atoms with Crippen LogP contribution in [0.15, 0.2) is 0 Å². The van der Waals surface area contributed by atoms with Gasteiger partial charge in [-0.25, -0.2) is 0 Å².